The minimum Gasteiger partial charge on any atom is -0.345 e. The van der Waals surface area contributed by atoms with Crippen LogP contribution in [0.4, 0.5) is 0 Å². The molecular weight excluding hydrogens is 254 g/mol. The van der Waals surface area contributed by atoms with E-state index < -0.39 is 9.84 Å². The molecule has 6 nitrogen and oxygen atoms in total. The number of carbonyl (C=O) groups excluding carboxylic acids is 1. The van der Waals surface area contributed by atoms with Crippen LogP contribution in [0.15, 0.2) is 0 Å². The average molecular weight is 277 g/mol. The predicted octanol–water partition coefficient (Wildman–Crippen LogP) is -1.09. The summed E-state index contributed by atoms with van der Waals surface area (Å²) in [7, 11) is 0.659. The Morgan fingerprint density at radius 2 is 2.06 bits per heavy atom. The molecule has 7 heteroatoms. The molecule has 0 bridgehead atoms. The maximum Gasteiger partial charge on any atom is 0.236 e. The zero-order chi connectivity index (χ0) is 13.8. The van der Waals surface area contributed by atoms with E-state index in [0.717, 1.165) is 6.42 Å². The van der Waals surface area contributed by atoms with Crippen molar-refractivity contribution in [3.63, 3.8) is 0 Å². The van der Waals surface area contributed by atoms with Gasteiger partial charge in [-0.15, -0.1) is 0 Å². The van der Waals surface area contributed by atoms with Crippen LogP contribution >= 0.6 is 0 Å². The standard InChI is InChI=1S/C11H23N3O3S/c1-13(6-3-5-12)11(15)8-14(2)10-4-7-18(16,17)9-10/h10H,3-9,12H2,1-2H3. The normalized spacial score (nSPS) is 22.3. The fourth-order valence-electron chi connectivity index (χ4n) is 2.04. The Morgan fingerprint density at radius 3 is 2.56 bits per heavy atom. The van der Waals surface area contributed by atoms with Crippen LogP contribution in [-0.2, 0) is 14.6 Å². The molecule has 0 saturated carbocycles. The van der Waals surface area contributed by atoms with E-state index in [9.17, 15) is 13.2 Å². The zero-order valence-corrected chi connectivity index (χ0v) is 11.9. The van der Waals surface area contributed by atoms with Crippen molar-refractivity contribution in [2.45, 2.75) is 18.9 Å². The number of nitrogens with zero attached hydrogens (tertiary/aromatic N) is 2. The molecule has 1 atom stereocenters. The second-order valence-corrected chi connectivity index (χ2v) is 7.16. The van der Waals surface area contributed by atoms with E-state index in [0.29, 0.717) is 19.5 Å². The number of rotatable bonds is 6. The van der Waals surface area contributed by atoms with Crippen molar-refractivity contribution in [2.24, 2.45) is 5.73 Å². The van der Waals surface area contributed by atoms with Gasteiger partial charge in [0.2, 0.25) is 5.91 Å². The van der Waals surface area contributed by atoms with Gasteiger partial charge < -0.3 is 10.6 Å². The lowest BCUT2D eigenvalue weighted by Gasteiger charge is -2.25. The minimum atomic E-state index is -2.89. The van der Waals surface area contributed by atoms with Crippen molar-refractivity contribution >= 4 is 15.7 Å². The molecule has 1 amide bonds. The van der Waals surface area contributed by atoms with Gasteiger partial charge in [-0.1, -0.05) is 0 Å². The van der Waals surface area contributed by atoms with E-state index in [4.69, 9.17) is 5.73 Å². The highest BCUT2D eigenvalue weighted by molar-refractivity contribution is 7.91. The zero-order valence-electron chi connectivity index (χ0n) is 11.1. The van der Waals surface area contributed by atoms with E-state index in [1.165, 1.54) is 0 Å². The predicted molar refractivity (Wildman–Crippen MR) is 71.0 cm³/mol. The molecule has 1 heterocycles. The lowest BCUT2D eigenvalue weighted by molar-refractivity contribution is -0.131. The summed E-state index contributed by atoms with van der Waals surface area (Å²) in [6, 6.07) is -0.0261. The van der Waals surface area contributed by atoms with Crippen LogP contribution in [0.3, 0.4) is 0 Å². The highest BCUT2D eigenvalue weighted by atomic mass is 32.2. The smallest absolute Gasteiger partial charge is 0.236 e. The molecular formula is C11H23N3O3S. The molecule has 1 aliphatic rings. The number of carbonyl (C=O) groups is 1. The number of hydrogen-bond donors (Lipinski definition) is 1. The summed E-state index contributed by atoms with van der Waals surface area (Å²) in [5, 5.41) is 0. The van der Waals surface area contributed by atoms with Crippen LogP contribution in [0.25, 0.3) is 0 Å². The van der Waals surface area contributed by atoms with Crippen LogP contribution in [0.1, 0.15) is 12.8 Å². The van der Waals surface area contributed by atoms with Gasteiger partial charge in [0.15, 0.2) is 9.84 Å². The summed E-state index contributed by atoms with van der Waals surface area (Å²) in [4.78, 5) is 15.4. The summed E-state index contributed by atoms with van der Waals surface area (Å²) in [6.07, 6.45) is 1.41. The van der Waals surface area contributed by atoms with Gasteiger partial charge >= 0.3 is 0 Å². The SMILES string of the molecule is CN(CCCN)C(=O)CN(C)C1CCS(=O)(=O)C1. The largest absolute Gasteiger partial charge is 0.345 e. The van der Waals surface area contributed by atoms with Crippen molar-refractivity contribution < 1.29 is 13.2 Å². The van der Waals surface area contributed by atoms with E-state index in [2.05, 4.69) is 0 Å². The topological polar surface area (TPSA) is 83.7 Å². The van der Waals surface area contributed by atoms with E-state index >= 15 is 0 Å². The summed E-state index contributed by atoms with van der Waals surface area (Å²) in [5.74, 6) is 0.415. The van der Waals surface area contributed by atoms with Gasteiger partial charge in [0, 0.05) is 19.6 Å². The Bertz CT molecular complexity index is 383. The molecule has 0 aromatic heterocycles. The maximum absolute atomic E-state index is 11.9. The van der Waals surface area contributed by atoms with Crippen molar-refractivity contribution in [3.8, 4) is 0 Å². The fourth-order valence-corrected chi connectivity index (χ4v) is 3.84. The first kappa shape index (κ1) is 15.4. The second-order valence-electron chi connectivity index (χ2n) is 4.93. The third-order valence-electron chi connectivity index (χ3n) is 3.34. The van der Waals surface area contributed by atoms with Gasteiger partial charge in [-0.05, 0) is 26.4 Å². The molecule has 0 radical (unpaired) electrons. The fraction of sp³-hybridized carbons (Fsp3) is 0.909. The molecule has 0 aliphatic carbocycles. The third-order valence-corrected chi connectivity index (χ3v) is 5.09. The Labute approximate surface area is 109 Å². The van der Waals surface area contributed by atoms with Crippen molar-refractivity contribution in [1.29, 1.82) is 0 Å². The molecule has 1 fully saturated rings. The molecule has 0 aromatic rings. The lowest BCUT2D eigenvalue weighted by Crippen LogP contribution is -2.42. The van der Waals surface area contributed by atoms with Crippen LogP contribution in [0.2, 0.25) is 0 Å². The molecule has 106 valence electrons. The molecule has 0 spiro atoms. The van der Waals surface area contributed by atoms with Gasteiger partial charge in [-0.25, -0.2) is 8.42 Å². The van der Waals surface area contributed by atoms with Crippen LogP contribution in [-0.4, -0.2) is 75.4 Å². The molecule has 1 aliphatic heterocycles. The highest BCUT2D eigenvalue weighted by Gasteiger charge is 2.31. The Kier molecular flexibility index (Phi) is 5.55. The van der Waals surface area contributed by atoms with Crippen LogP contribution < -0.4 is 5.73 Å². The quantitative estimate of drug-likeness (QED) is 0.667. The van der Waals surface area contributed by atoms with Gasteiger partial charge in [-0.3, -0.25) is 9.69 Å². The highest BCUT2D eigenvalue weighted by Crippen LogP contribution is 2.16. The number of amides is 1. The number of hydrogen-bond acceptors (Lipinski definition) is 5. The van der Waals surface area contributed by atoms with Crippen LogP contribution in [0, 0.1) is 0 Å². The lowest BCUT2D eigenvalue weighted by atomic mass is 10.2. The molecule has 1 saturated heterocycles. The summed E-state index contributed by atoms with van der Waals surface area (Å²) >= 11 is 0. The summed E-state index contributed by atoms with van der Waals surface area (Å²) in [6.45, 7) is 1.47. The molecule has 1 rings (SSSR count). The van der Waals surface area contributed by atoms with Crippen molar-refractivity contribution in [2.75, 3.05) is 45.2 Å². The first-order valence-corrected chi connectivity index (χ1v) is 8.02. The average Bonchev–Trinajstić information content (AvgIpc) is 2.66. The van der Waals surface area contributed by atoms with E-state index in [1.807, 2.05) is 4.90 Å². The van der Waals surface area contributed by atoms with Crippen molar-refractivity contribution in [3.05, 3.63) is 0 Å². The Morgan fingerprint density at radius 1 is 1.39 bits per heavy atom. The van der Waals surface area contributed by atoms with Gasteiger partial charge in [0.25, 0.3) is 0 Å². The maximum atomic E-state index is 11.9. The molecule has 2 N–H and O–H groups in total. The first-order chi connectivity index (χ1) is 8.35. The van der Waals surface area contributed by atoms with E-state index in [1.54, 1.807) is 19.0 Å². The van der Waals surface area contributed by atoms with Crippen LogP contribution in [0.5, 0.6) is 0 Å². The monoisotopic (exact) mass is 277 g/mol. The van der Waals surface area contributed by atoms with Gasteiger partial charge in [0.05, 0.1) is 18.1 Å². The van der Waals surface area contributed by atoms with Crippen molar-refractivity contribution in [1.82, 2.24) is 9.80 Å². The molecule has 1 unspecified atom stereocenters. The van der Waals surface area contributed by atoms with Gasteiger partial charge in [-0.2, -0.15) is 0 Å². The molecule has 0 aromatic carbocycles. The summed E-state index contributed by atoms with van der Waals surface area (Å²) < 4.78 is 22.7. The number of nitrogens with two attached hydrogens (primary N) is 1. The minimum absolute atomic E-state index is 0.00949. The Balaban J connectivity index is 2.40. The van der Waals surface area contributed by atoms with E-state index in [-0.39, 0.29) is 30.0 Å². The summed E-state index contributed by atoms with van der Waals surface area (Å²) in [5.41, 5.74) is 5.39. The number of sulfone groups is 1. The van der Waals surface area contributed by atoms with Gasteiger partial charge in [0.1, 0.15) is 0 Å². The molecule has 18 heavy (non-hydrogen) atoms. The Hall–Kier alpha value is -0.660. The first-order valence-electron chi connectivity index (χ1n) is 6.20. The number of likely N-dealkylation sites (N-methyl/N-ethyl adjacent to an activating group) is 2. The third kappa shape index (κ3) is 4.55. The second kappa shape index (κ2) is 6.49.